The summed E-state index contributed by atoms with van der Waals surface area (Å²) in [7, 11) is 0. The molecule has 7 aromatic rings. The lowest BCUT2D eigenvalue weighted by Gasteiger charge is -2.13. The molecule has 1 aromatic carbocycles. The van der Waals surface area contributed by atoms with Crippen molar-refractivity contribution in [3.05, 3.63) is 145 Å². The molecule has 0 fully saturated rings. The third-order valence-electron chi connectivity index (χ3n) is 7.65. The number of hydrogen-bond acceptors (Lipinski definition) is 9. The van der Waals surface area contributed by atoms with E-state index in [9.17, 15) is 15.8 Å². The molecule has 0 amide bonds. The smallest absolute Gasteiger partial charge is 0.141 e. The van der Waals surface area contributed by atoms with Crippen molar-refractivity contribution in [1.29, 1.82) is 15.8 Å². The van der Waals surface area contributed by atoms with Crippen molar-refractivity contribution in [2.45, 2.75) is 0 Å². The maximum absolute atomic E-state index is 9.42. The summed E-state index contributed by atoms with van der Waals surface area (Å²) in [6.45, 7) is 0. The number of rotatable bonds is 6. The van der Waals surface area contributed by atoms with Gasteiger partial charge >= 0.3 is 0 Å². The Bertz CT molecular complexity index is 2180. The molecule has 0 radical (unpaired) electrons. The SMILES string of the molecule is N#Cc1ccnc(-c2cncc(-c3cc(-c4cncc(-c5cccc(C#N)n5)c4)cc(-c4cncc(-c5cccc(C#N)n5)c4)c3)c2)c1. The van der Waals surface area contributed by atoms with Crippen molar-refractivity contribution in [3.8, 4) is 85.4 Å². The van der Waals surface area contributed by atoms with Crippen molar-refractivity contribution >= 4 is 0 Å². The minimum atomic E-state index is 0.326. The predicted octanol–water partition coefficient (Wildman–Crippen LogP) is 7.67. The fourth-order valence-electron chi connectivity index (χ4n) is 5.31. The summed E-state index contributed by atoms with van der Waals surface area (Å²) in [6.07, 6.45) is 12.2. The quantitative estimate of drug-likeness (QED) is 0.184. The van der Waals surface area contributed by atoms with Crippen molar-refractivity contribution < 1.29 is 0 Å². The Labute approximate surface area is 275 Å². The summed E-state index contributed by atoms with van der Waals surface area (Å²) in [5.41, 5.74) is 10.6. The summed E-state index contributed by atoms with van der Waals surface area (Å²) in [5, 5.41) is 28.2. The molecule has 0 spiro atoms. The lowest BCUT2D eigenvalue weighted by Crippen LogP contribution is -1.92. The minimum absolute atomic E-state index is 0.326. The van der Waals surface area contributed by atoms with Gasteiger partial charge in [-0.15, -0.1) is 0 Å². The van der Waals surface area contributed by atoms with Gasteiger partial charge in [0.15, 0.2) is 0 Å². The lowest BCUT2D eigenvalue weighted by molar-refractivity contribution is 1.24. The van der Waals surface area contributed by atoms with E-state index in [0.29, 0.717) is 34.0 Å². The molecule has 0 aliphatic heterocycles. The van der Waals surface area contributed by atoms with E-state index in [0.717, 1.165) is 50.1 Å². The Morgan fingerprint density at radius 1 is 0.396 bits per heavy atom. The van der Waals surface area contributed by atoms with Gasteiger partial charge in [-0.2, -0.15) is 15.8 Å². The van der Waals surface area contributed by atoms with E-state index >= 15 is 0 Å². The van der Waals surface area contributed by atoms with Crippen LogP contribution in [0.15, 0.2) is 128 Å². The molecule has 6 heterocycles. The normalized spacial score (nSPS) is 10.4. The first kappa shape index (κ1) is 29.3. The highest BCUT2D eigenvalue weighted by Gasteiger charge is 2.13. The molecule has 0 bridgehead atoms. The van der Waals surface area contributed by atoms with Crippen LogP contribution >= 0.6 is 0 Å². The van der Waals surface area contributed by atoms with Crippen LogP contribution in [0.4, 0.5) is 0 Å². The summed E-state index contributed by atoms with van der Waals surface area (Å²) in [4.78, 5) is 26.9. The van der Waals surface area contributed by atoms with Crippen LogP contribution in [0.1, 0.15) is 17.0 Å². The maximum Gasteiger partial charge on any atom is 0.141 e. The second-order valence-electron chi connectivity index (χ2n) is 10.8. The zero-order valence-corrected chi connectivity index (χ0v) is 25.1. The fraction of sp³-hybridized carbons (Fsp3) is 0. The molecule has 0 aliphatic rings. The predicted molar refractivity (Wildman–Crippen MR) is 180 cm³/mol. The van der Waals surface area contributed by atoms with Crippen LogP contribution in [0.3, 0.4) is 0 Å². The van der Waals surface area contributed by atoms with Crippen LogP contribution in [-0.2, 0) is 0 Å². The molecule has 48 heavy (non-hydrogen) atoms. The van der Waals surface area contributed by atoms with Gasteiger partial charge in [0.1, 0.15) is 23.5 Å². The highest BCUT2D eigenvalue weighted by Crippen LogP contribution is 2.35. The molecule has 6 aromatic heterocycles. The molecule has 0 saturated heterocycles. The minimum Gasteiger partial charge on any atom is -0.263 e. The number of pyridine rings is 6. The Hall–Kier alpha value is -7.41. The number of nitrogens with zero attached hydrogens (tertiary/aromatic N) is 9. The highest BCUT2D eigenvalue weighted by atomic mass is 14.7. The first-order valence-electron chi connectivity index (χ1n) is 14.7. The number of aromatic nitrogens is 6. The molecule has 0 N–H and O–H groups in total. The maximum atomic E-state index is 9.42. The molecule has 0 atom stereocenters. The van der Waals surface area contributed by atoms with E-state index < -0.39 is 0 Å². The van der Waals surface area contributed by atoms with E-state index in [1.165, 1.54) is 0 Å². The first-order valence-corrected chi connectivity index (χ1v) is 14.7. The Balaban J connectivity index is 1.38. The Morgan fingerprint density at radius 2 is 0.812 bits per heavy atom. The molecule has 7 rings (SSSR count). The van der Waals surface area contributed by atoms with E-state index in [4.69, 9.17) is 0 Å². The third kappa shape index (κ3) is 6.09. The highest BCUT2D eigenvalue weighted by molar-refractivity contribution is 5.84. The zero-order chi connectivity index (χ0) is 32.9. The number of nitriles is 3. The van der Waals surface area contributed by atoms with Gasteiger partial charge in [-0.3, -0.25) is 19.9 Å². The molecule has 222 valence electrons. The second-order valence-corrected chi connectivity index (χ2v) is 10.8. The van der Waals surface area contributed by atoms with Gasteiger partial charge in [0, 0.05) is 76.8 Å². The molecule has 9 heteroatoms. The largest absolute Gasteiger partial charge is 0.263 e. The van der Waals surface area contributed by atoms with Crippen LogP contribution in [-0.4, -0.2) is 29.9 Å². The first-order chi connectivity index (χ1) is 23.6. The number of hydrogen-bond donors (Lipinski definition) is 0. The average molecular weight is 616 g/mol. The summed E-state index contributed by atoms with van der Waals surface area (Å²) >= 11 is 0. The monoisotopic (exact) mass is 615 g/mol. The van der Waals surface area contributed by atoms with E-state index in [2.05, 4.69) is 66.3 Å². The standard InChI is InChI=1S/C39H21N9/c40-16-25-7-8-46-39(9-25)34-15-31(21-45-24-34)28-11-26(29-13-32(22-43-19-29)37-5-1-3-35(17-41)47-37)10-27(12-28)30-14-33(23-44-20-30)38-6-2-4-36(18-42)48-38/h1-15,19-24H. The fourth-order valence-corrected chi connectivity index (χ4v) is 5.31. The van der Waals surface area contributed by atoms with Crippen LogP contribution in [0.5, 0.6) is 0 Å². The molecular weight excluding hydrogens is 594 g/mol. The van der Waals surface area contributed by atoms with Gasteiger partial charge in [-0.1, -0.05) is 12.1 Å². The van der Waals surface area contributed by atoms with Crippen LogP contribution in [0.25, 0.3) is 67.2 Å². The van der Waals surface area contributed by atoms with E-state index in [1.807, 2.05) is 30.3 Å². The second kappa shape index (κ2) is 12.9. The lowest BCUT2D eigenvalue weighted by atomic mass is 9.93. The third-order valence-corrected chi connectivity index (χ3v) is 7.65. The summed E-state index contributed by atoms with van der Waals surface area (Å²) in [6, 6.07) is 32.6. The van der Waals surface area contributed by atoms with Gasteiger partial charge in [0.2, 0.25) is 0 Å². The van der Waals surface area contributed by atoms with E-state index in [1.54, 1.807) is 79.8 Å². The number of benzene rings is 1. The van der Waals surface area contributed by atoms with Crippen LogP contribution in [0.2, 0.25) is 0 Å². The van der Waals surface area contributed by atoms with Crippen molar-refractivity contribution in [2.75, 3.05) is 0 Å². The van der Waals surface area contributed by atoms with Gasteiger partial charge in [0.05, 0.1) is 28.7 Å². The van der Waals surface area contributed by atoms with Crippen molar-refractivity contribution in [1.82, 2.24) is 29.9 Å². The topological polar surface area (TPSA) is 149 Å². The van der Waals surface area contributed by atoms with Crippen LogP contribution < -0.4 is 0 Å². The van der Waals surface area contributed by atoms with Crippen LogP contribution in [0, 0.1) is 34.0 Å². The summed E-state index contributed by atoms with van der Waals surface area (Å²) < 4.78 is 0. The van der Waals surface area contributed by atoms with E-state index in [-0.39, 0.29) is 0 Å². The van der Waals surface area contributed by atoms with Crippen molar-refractivity contribution in [3.63, 3.8) is 0 Å². The Kier molecular flexibility index (Phi) is 7.88. The zero-order valence-electron chi connectivity index (χ0n) is 25.1. The van der Waals surface area contributed by atoms with Crippen molar-refractivity contribution in [2.24, 2.45) is 0 Å². The summed E-state index contributed by atoms with van der Waals surface area (Å²) in [5.74, 6) is 0. The molecule has 0 saturated carbocycles. The van der Waals surface area contributed by atoms with Gasteiger partial charge in [-0.25, -0.2) is 9.97 Å². The molecule has 0 aliphatic carbocycles. The molecular formula is C39H21N9. The average Bonchev–Trinajstić information content (AvgIpc) is 3.18. The van der Waals surface area contributed by atoms with Gasteiger partial charge < -0.3 is 0 Å². The van der Waals surface area contributed by atoms with Gasteiger partial charge in [-0.05, 0) is 89.5 Å². The Morgan fingerprint density at radius 3 is 1.25 bits per heavy atom. The van der Waals surface area contributed by atoms with Gasteiger partial charge in [0.25, 0.3) is 0 Å². The molecule has 0 unspecified atom stereocenters. The molecule has 9 nitrogen and oxygen atoms in total.